The summed E-state index contributed by atoms with van der Waals surface area (Å²) in [5.74, 6) is 0.219. The van der Waals surface area contributed by atoms with Gasteiger partial charge in [0.15, 0.2) is 0 Å². The van der Waals surface area contributed by atoms with Gasteiger partial charge < -0.3 is 9.84 Å². The molecule has 0 spiro atoms. The monoisotopic (exact) mass is 216 g/mol. The van der Waals surface area contributed by atoms with Crippen molar-refractivity contribution < 1.29 is 14.6 Å². The Morgan fingerprint density at radius 2 is 1.94 bits per heavy atom. The van der Waals surface area contributed by atoms with Crippen molar-refractivity contribution in [2.75, 3.05) is 0 Å². The number of rotatable bonds is 2. The zero-order valence-electron chi connectivity index (χ0n) is 8.88. The average Bonchev–Trinajstić information content (AvgIpc) is 2.40. The Morgan fingerprint density at radius 3 is 2.62 bits per heavy atom. The van der Waals surface area contributed by atoms with Gasteiger partial charge in [-0.05, 0) is 42.3 Å². The summed E-state index contributed by atoms with van der Waals surface area (Å²) >= 11 is 0. The summed E-state index contributed by atoms with van der Waals surface area (Å²) in [5.41, 5.74) is 1.15. The van der Waals surface area contributed by atoms with Crippen LogP contribution in [0.3, 0.4) is 0 Å². The summed E-state index contributed by atoms with van der Waals surface area (Å²) in [6.07, 6.45) is 7.29. The summed E-state index contributed by atoms with van der Waals surface area (Å²) in [6.45, 7) is 2.22. The number of ether oxygens (including phenoxy) is 1. The number of phenols is 1. The van der Waals surface area contributed by atoms with E-state index in [0.29, 0.717) is 6.47 Å². The van der Waals surface area contributed by atoms with Crippen LogP contribution in [0.5, 0.6) is 5.75 Å². The second kappa shape index (κ2) is 3.85. The van der Waals surface area contributed by atoms with Crippen molar-refractivity contribution >= 4 is 18.6 Å². The van der Waals surface area contributed by atoms with Gasteiger partial charge in [-0.3, -0.25) is 4.79 Å². The second-order valence-electron chi connectivity index (χ2n) is 3.88. The molecule has 1 unspecified atom stereocenters. The fraction of sp³-hybridized carbons (Fsp3) is 0.154. The number of benzene rings is 1. The van der Waals surface area contributed by atoms with Crippen molar-refractivity contribution in [3.8, 4) is 5.75 Å². The lowest BCUT2D eigenvalue weighted by molar-refractivity contribution is -0.134. The molecule has 0 bridgehead atoms. The summed E-state index contributed by atoms with van der Waals surface area (Å²) < 4.78 is 5.00. The van der Waals surface area contributed by atoms with Gasteiger partial charge in [0, 0.05) is 0 Å². The topological polar surface area (TPSA) is 46.5 Å². The molecule has 1 aliphatic carbocycles. The van der Waals surface area contributed by atoms with Gasteiger partial charge in [-0.2, -0.15) is 0 Å². The maximum absolute atomic E-state index is 10.4. The fourth-order valence-corrected chi connectivity index (χ4v) is 1.61. The van der Waals surface area contributed by atoms with Gasteiger partial charge in [0.1, 0.15) is 11.4 Å². The van der Waals surface area contributed by atoms with E-state index < -0.39 is 5.60 Å². The van der Waals surface area contributed by atoms with Crippen LogP contribution >= 0.6 is 0 Å². The van der Waals surface area contributed by atoms with Gasteiger partial charge in [-0.15, -0.1) is 0 Å². The average molecular weight is 216 g/mol. The summed E-state index contributed by atoms with van der Waals surface area (Å²) in [4.78, 5) is 10.4. The molecule has 1 N–H and O–H groups in total. The standard InChI is InChI=1S/C13H12O3/c1-13(16-9-14)6-4-10-2-3-12(15)8-11(10)5-7-13/h2-9,15H,1H3. The second-order valence-corrected chi connectivity index (χ2v) is 3.88. The maximum Gasteiger partial charge on any atom is 0.294 e. The van der Waals surface area contributed by atoms with E-state index in [1.54, 1.807) is 31.2 Å². The van der Waals surface area contributed by atoms with Crippen LogP contribution < -0.4 is 0 Å². The van der Waals surface area contributed by atoms with Gasteiger partial charge in [-0.1, -0.05) is 18.2 Å². The molecule has 0 fully saturated rings. The first-order chi connectivity index (χ1) is 7.63. The highest BCUT2D eigenvalue weighted by molar-refractivity contribution is 5.70. The van der Waals surface area contributed by atoms with Crippen LogP contribution in [0.2, 0.25) is 0 Å². The number of carbonyl (C=O) groups excluding carboxylic acids is 1. The van der Waals surface area contributed by atoms with Gasteiger partial charge in [0.2, 0.25) is 0 Å². The number of hydrogen-bond donors (Lipinski definition) is 1. The van der Waals surface area contributed by atoms with Crippen LogP contribution in [0.25, 0.3) is 12.2 Å². The van der Waals surface area contributed by atoms with Crippen molar-refractivity contribution in [2.24, 2.45) is 0 Å². The zero-order chi connectivity index (χ0) is 11.6. The molecule has 3 heteroatoms. The molecule has 3 nitrogen and oxygen atoms in total. The van der Waals surface area contributed by atoms with E-state index in [9.17, 15) is 9.90 Å². The highest BCUT2D eigenvalue weighted by atomic mass is 16.5. The quantitative estimate of drug-likeness (QED) is 0.772. The SMILES string of the molecule is CC1(OC=O)C=Cc2ccc(O)cc2C=C1. The molecule has 0 saturated carbocycles. The lowest BCUT2D eigenvalue weighted by Crippen LogP contribution is -2.21. The Morgan fingerprint density at radius 1 is 1.25 bits per heavy atom. The van der Waals surface area contributed by atoms with Gasteiger partial charge >= 0.3 is 0 Å². The largest absolute Gasteiger partial charge is 0.508 e. The Hall–Kier alpha value is -2.03. The molecule has 1 atom stereocenters. The van der Waals surface area contributed by atoms with Crippen molar-refractivity contribution in [1.82, 2.24) is 0 Å². The molecule has 1 aromatic carbocycles. The minimum atomic E-state index is -0.726. The predicted molar refractivity (Wildman–Crippen MR) is 61.7 cm³/mol. The molecular formula is C13H12O3. The predicted octanol–water partition coefficient (Wildman–Crippen LogP) is 2.36. The number of hydrogen-bond acceptors (Lipinski definition) is 3. The van der Waals surface area contributed by atoms with E-state index >= 15 is 0 Å². The normalized spacial score (nSPS) is 22.3. The first-order valence-corrected chi connectivity index (χ1v) is 4.96. The highest BCUT2D eigenvalue weighted by Crippen LogP contribution is 2.26. The summed E-state index contributed by atoms with van der Waals surface area (Å²) in [6, 6.07) is 5.11. The lowest BCUT2D eigenvalue weighted by Gasteiger charge is -2.18. The molecule has 2 rings (SSSR count). The molecule has 16 heavy (non-hydrogen) atoms. The van der Waals surface area contributed by atoms with Crippen molar-refractivity contribution in [3.63, 3.8) is 0 Å². The van der Waals surface area contributed by atoms with E-state index in [2.05, 4.69) is 0 Å². The van der Waals surface area contributed by atoms with E-state index in [1.807, 2.05) is 18.2 Å². The van der Waals surface area contributed by atoms with Crippen LogP contribution in [-0.4, -0.2) is 17.2 Å². The molecule has 1 aromatic rings. The fourth-order valence-electron chi connectivity index (χ4n) is 1.61. The molecule has 0 amide bonds. The zero-order valence-corrected chi connectivity index (χ0v) is 8.88. The van der Waals surface area contributed by atoms with E-state index in [1.165, 1.54) is 0 Å². The first-order valence-electron chi connectivity index (χ1n) is 4.96. The van der Waals surface area contributed by atoms with Crippen molar-refractivity contribution in [2.45, 2.75) is 12.5 Å². The number of fused-ring (bicyclic) bond motifs is 1. The third-order valence-electron chi connectivity index (χ3n) is 2.56. The smallest absolute Gasteiger partial charge is 0.294 e. The van der Waals surface area contributed by atoms with Crippen LogP contribution in [0, 0.1) is 0 Å². The molecule has 0 aromatic heterocycles. The van der Waals surface area contributed by atoms with Crippen LogP contribution in [0.4, 0.5) is 0 Å². The van der Waals surface area contributed by atoms with Crippen molar-refractivity contribution in [3.05, 3.63) is 41.5 Å². The Bertz CT molecular complexity index is 474. The van der Waals surface area contributed by atoms with E-state index in [0.717, 1.165) is 11.1 Å². The van der Waals surface area contributed by atoms with Crippen LogP contribution in [-0.2, 0) is 9.53 Å². The molecule has 1 aliphatic rings. The molecule has 0 aliphatic heterocycles. The Labute approximate surface area is 93.7 Å². The summed E-state index contributed by atoms with van der Waals surface area (Å²) in [5, 5.41) is 9.37. The third-order valence-corrected chi connectivity index (χ3v) is 2.56. The van der Waals surface area contributed by atoms with Crippen molar-refractivity contribution in [1.29, 1.82) is 0 Å². The molecule has 0 saturated heterocycles. The van der Waals surface area contributed by atoms with Gasteiger partial charge in [0.25, 0.3) is 6.47 Å². The molecule has 82 valence electrons. The Kier molecular flexibility index (Phi) is 2.52. The Balaban J connectivity index is 2.43. The van der Waals surface area contributed by atoms with E-state index in [4.69, 9.17) is 4.74 Å². The van der Waals surface area contributed by atoms with Gasteiger partial charge in [-0.25, -0.2) is 0 Å². The third kappa shape index (κ3) is 1.98. The number of carbonyl (C=O) groups is 1. The minimum Gasteiger partial charge on any atom is -0.508 e. The van der Waals surface area contributed by atoms with Gasteiger partial charge in [0.05, 0.1) is 0 Å². The van der Waals surface area contributed by atoms with E-state index in [-0.39, 0.29) is 5.75 Å². The summed E-state index contributed by atoms with van der Waals surface area (Å²) in [7, 11) is 0. The van der Waals surface area contributed by atoms with Crippen LogP contribution in [0.15, 0.2) is 30.4 Å². The molecule has 0 radical (unpaired) electrons. The number of phenolic OH excluding ortho intramolecular Hbond substituents is 1. The molecular weight excluding hydrogens is 204 g/mol. The number of aromatic hydroxyl groups is 1. The highest BCUT2D eigenvalue weighted by Gasteiger charge is 2.20. The lowest BCUT2D eigenvalue weighted by atomic mass is 10.1. The molecule has 0 heterocycles. The minimum absolute atomic E-state index is 0.219. The first kappa shape index (κ1) is 10.5. The van der Waals surface area contributed by atoms with Crippen LogP contribution in [0.1, 0.15) is 18.1 Å². The maximum atomic E-state index is 10.4.